The molecule has 12 heteroatoms. The van der Waals surface area contributed by atoms with Crippen molar-refractivity contribution in [2.24, 2.45) is 0 Å². The molecule has 4 heterocycles. The fourth-order valence-corrected chi connectivity index (χ4v) is 5.41. The fourth-order valence-electron chi connectivity index (χ4n) is 4.71. The number of hydrogen-bond donors (Lipinski definition) is 0. The largest absolute Gasteiger partial charge is 0.496 e. The highest BCUT2D eigenvalue weighted by Crippen LogP contribution is 2.38. The van der Waals surface area contributed by atoms with Gasteiger partial charge in [0.2, 0.25) is 4.96 Å². The van der Waals surface area contributed by atoms with Gasteiger partial charge in [0, 0.05) is 24.4 Å². The van der Waals surface area contributed by atoms with Gasteiger partial charge in [-0.3, -0.25) is 0 Å². The third-order valence-electron chi connectivity index (χ3n) is 6.60. The number of rotatable bonds is 7. The zero-order valence-electron chi connectivity index (χ0n) is 20.5. The molecule has 1 atom stereocenters. The van der Waals surface area contributed by atoms with Gasteiger partial charge in [-0.15, -0.1) is 5.10 Å². The van der Waals surface area contributed by atoms with Crippen LogP contribution in [0.4, 0.5) is 18.9 Å². The van der Waals surface area contributed by atoms with Crippen LogP contribution >= 0.6 is 11.3 Å². The number of imidazole rings is 1. The molecule has 0 saturated carbocycles. The summed E-state index contributed by atoms with van der Waals surface area (Å²) in [5.74, 6) is 1.73. The molecular weight excluding hydrogens is 521 g/mol. The zero-order valence-corrected chi connectivity index (χ0v) is 21.3. The molecule has 0 unspecified atom stereocenters. The van der Waals surface area contributed by atoms with E-state index in [2.05, 4.69) is 15.0 Å². The number of alkyl halides is 3. The van der Waals surface area contributed by atoms with Gasteiger partial charge in [0.15, 0.2) is 5.76 Å². The number of methoxy groups -OCH3 is 2. The normalized spacial score (nSPS) is 16.0. The average molecular weight is 545 g/mol. The second kappa shape index (κ2) is 9.43. The van der Waals surface area contributed by atoms with E-state index in [0.717, 1.165) is 42.6 Å². The molecule has 6 rings (SSSR count). The van der Waals surface area contributed by atoms with Gasteiger partial charge in [-0.05, 0) is 54.5 Å². The summed E-state index contributed by atoms with van der Waals surface area (Å²) in [7, 11) is 3.13. The highest BCUT2D eigenvalue weighted by Gasteiger charge is 2.31. The van der Waals surface area contributed by atoms with E-state index in [4.69, 9.17) is 18.6 Å². The van der Waals surface area contributed by atoms with Crippen LogP contribution in [0.1, 0.15) is 18.4 Å². The number of furan rings is 1. The molecule has 1 saturated heterocycles. The number of benzene rings is 2. The standard InChI is InChI=1S/C26H23F3N4O4S/c1-34-18-10-21(36-14-17-4-3-9-32(17)16-7-5-15(6-8-16)26(27,28)29)19-12-23(37-22(19)11-18)20-13-33-24(30-20)38-25(31-33)35-2/h5-8,10-13,17H,3-4,9,14H2,1-2H3/t17-/m0/s1. The highest BCUT2D eigenvalue weighted by atomic mass is 32.1. The lowest BCUT2D eigenvalue weighted by molar-refractivity contribution is -0.137. The predicted octanol–water partition coefficient (Wildman–Crippen LogP) is 6.29. The Morgan fingerprint density at radius 2 is 1.92 bits per heavy atom. The lowest BCUT2D eigenvalue weighted by Gasteiger charge is -2.27. The number of fused-ring (bicyclic) bond motifs is 2. The van der Waals surface area contributed by atoms with Gasteiger partial charge in [0.1, 0.15) is 29.4 Å². The van der Waals surface area contributed by atoms with Crippen LogP contribution in [0.2, 0.25) is 0 Å². The van der Waals surface area contributed by atoms with Gasteiger partial charge in [-0.2, -0.15) is 13.2 Å². The maximum absolute atomic E-state index is 13.0. The molecule has 8 nitrogen and oxygen atoms in total. The van der Waals surface area contributed by atoms with Crippen molar-refractivity contribution >= 4 is 33.0 Å². The molecule has 2 aromatic carbocycles. The van der Waals surface area contributed by atoms with Gasteiger partial charge in [-0.1, -0.05) is 0 Å². The fraction of sp³-hybridized carbons (Fsp3) is 0.308. The summed E-state index contributed by atoms with van der Waals surface area (Å²) in [6.45, 7) is 1.10. The van der Waals surface area contributed by atoms with Crippen LogP contribution in [0.25, 0.3) is 27.4 Å². The highest BCUT2D eigenvalue weighted by molar-refractivity contribution is 7.18. The molecule has 3 aromatic heterocycles. The summed E-state index contributed by atoms with van der Waals surface area (Å²) >= 11 is 1.32. The predicted molar refractivity (Wildman–Crippen MR) is 136 cm³/mol. The molecule has 0 amide bonds. The number of halogens is 3. The Morgan fingerprint density at radius 1 is 1.11 bits per heavy atom. The minimum Gasteiger partial charge on any atom is -0.496 e. The van der Waals surface area contributed by atoms with E-state index in [-0.39, 0.29) is 6.04 Å². The molecule has 0 spiro atoms. The van der Waals surface area contributed by atoms with Crippen LogP contribution in [0, 0.1) is 0 Å². The Morgan fingerprint density at radius 3 is 2.63 bits per heavy atom. The number of hydrogen-bond acceptors (Lipinski definition) is 8. The molecule has 0 bridgehead atoms. The summed E-state index contributed by atoms with van der Waals surface area (Å²) in [5, 5.41) is 5.58. The van der Waals surface area contributed by atoms with Crippen LogP contribution in [0.3, 0.4) is 0 Å². The van der Waals surface area contributed by atoms with Crippen molar-refractivity contribution in [2.75, 3.05) is 32.3 Å². The van der Waals surface area contributed by atoms with E-state index in [1.807, 2.05) is 6.07 Å². The van der Waals surface area contributed by atoms with Gasteiger partial charge >= 0.3 is 6.18 Å². The average Bonchev–Trinajstić information content (AvgIpc) is 3.68. The van der Waals surface area contributed by atoms with E-state index in [0.29, 0.717) is 45.3 Å². The lowest BCUT2D eigenvalue weighted by Crippen LogP contribution is -2.34. The molecule has 0 radical (unpaired) electrons. The molecule has 38 heavy (non-hydrogen) atoms. The Bertz CT molecular complexity index is 1560. The van der Waals surface area contributed by atoms with Crippen molar-refractivity contribution in [3.8, 4) is 28.1 Å². The summed E-state index contributed by atoms with van der Waals surface area (Å²) < 4.78 is 63.6. The van der Waals surface area contributed by atoms with E-state index >= 15 is 0 Å². The van der Waals surface area contributed by atoms with Crippen molar-refractivity contribution in [1.29, 1.82) is 0 Å². The molecule has 1 aliphatic rings. The summed E-state index contributed by atoms with van der Waals surface area (Å²) in [6, 6.07) is 10.8. The van der Waals surface area contributed by atoms with Crippen molar-refractivity contribution in [2.45, 2.75) is 25.1 Å². The first-order valence-corrected chi connectivity index (χ1v) is 12.7. The third kappa shape index (κ3) is 4.49. The van der Waals surface area contributed by atoms with Gasteiger partial charge in [-0.25, -0.2) is 9.50 Å². The minimum absolute atomic E-state index is 0.0142. The van der Waals surface area contributed by atoms with Crippen LogP contribution in [0.15, 0.2) is 53.1 Å². The number of anilines is 1. The van der Waals surface area contributed by atoms with Crippen LogP contribution in [-0.2, 0) is 6.18 Å². The second-order valence-corrected chi connectivity index (χ2v) is 9.84. The van der Waals surface area contributed by atoms with Gasteiger partial charge < -0.3 is 23.5 Å². The zero-order chi connectivity index (χ0) is 26.4. The smallest absolute Gasteiger partial charge is 0.416 e. The Kier molecular flexibility index (Phi) is 6.05. The van der Waals surface area contributed by atoms with Crippen molar-refractivity contribution < 1.29 is 31.8 Å². The second-order valence-electron chi connectivity index (χ2n) is 8.92. The molecule has 5 aromatic rings. The minimum atomic E-state index is -4.36. The maximum atomic E-state index is 13.0. The molecule has 1 aliphatic heterocycles. The number of ether oxygens (including phenoxy) is 3. The molecule has 198 valence electrons. The van der Waals surface area contributed by atoms with E-state index in [9.17, 15) is 13.2 Å². The quantitative estimate of drug-likeness (QED) is 0.239. The third-order valence-corrected chi connectivity index (χ3v) is 7.48. The molecular formula is C26H23F3N4O4S. The van der Waals surface area contributed by atoms with E-state index in [1.165, 1.54) is 23.5 Å². The Labute approximate surface area is 219 Å². The number of aromatic nitrogens is 3. The van der Waals surface area contributed by atoms with Crippen molar-refractivity contribution in [3.05, 3.63) is 54.2 Å². The first-order valence-electron chi connectivity index (χ1n) is 11.9. The molecule has 0 N–H and O–H groups in total. The lowest BCUT2D eigenvalue weighted by atomic mass is 10.1. The summed E-state index contributed by atoms with van der Waals surface area (Å²) in [5.41, 5.74) is 1.30. The molecule has 0 aliphatic carbocycles. The number of nitrogens with zero attached hydrogens (tertiary/aromatic N) is 4. The summed E-state index contributed by atoms with van der Waals surface area (Å²) in [6.07, 6.45) is -0.797. The summed E-state index contributed by atoms with van der Waals surface area (Å²) in [4.78, 5) is 7.36. The van der Waals surface area contributed by atoms with E-state index in [1.54, 1.807) is 37.1 Å². The van der Waals surface area contributed by atoms with Gasteiger partial charge in [0.25, 0.3) is 5.19 Å². The monoisotopic (exact) mass is 544 g/mol. The maximum Gasteiger partial charge on any atom is 0.416 e. The van der Waals surface area contributed by atoms with Crippen LogP contribution in [0.5, 0.6) is 16.7 Å². The topological polar surface area (TPSA) is 74.3 Å². The SMILES string of the molecule is COc1cc(OC[C@@H]2CCCN2c2ccc(C(F)(F)F)cc2)c2cc(-c3cn4nc(OC)sc4n3)oc2c1. The van der Waals surface area contributed by atoms with E-state index < -0.39 is 11.7 Å². The van der Waals surface area contributed by atoms with Crippen molar-refractivity contribution in [3.63, 3.8) is 0 Å². The van der Waals surface area contributed by atoms with Gasteiger partial charge in [0.05, 0.1) is 37.4 Å². The first kappa shape index (κ1) is 24.4. The molecule has 1 fully saturated rings. The van der Waals surface area contributed by atoms with Crippen molar-refractivity contribution in [1.82, 2.24) is 14.6 Å². The Hall–Kier alpha value is -3.93. The van der Waals surface area contributed by atoms with Crippen LogP contribution < -0.4 is 19.1 Å². The first-order chi connectivity index (χ1) is 18.3. The van der Waals surface area contributed by atoms with Crippen LogP contribution in [-0.4, -0.2) is 48.0 Å². The Balaban J connectivity index is 1.25.